The van der Waals surface area contributed by atoms with Crippen molar-refractivity contribution in [1.82, 2.24) is 43.9 Å². The molecule has 0 radical (unpaired) electrons. The average Bonchev–Trinajstić information content (AvgIpc) is 0.859. The quantitative estimate of drug-likeness (QED) is 0.0554. The number of para-hydroxylation sites is 1. The Morgan fingerprint density at radius 2 is 0.814 bits per heavy atom. The third-order valence-electron chi connectivity index (χ3n) is 19.3. The molecule has 2 N–H and O–H groups in total. The summed E-state index contributed by atoms with van der Waals surface area (Å²) in [5, 5.41) is 10.1. The zero-order valence-corrected chi connectivity index (χ0v) is 55.9. The van der Waals surface area contributed by atoms with Gasteiger partial charge in [-0.15, -0.1) is 0 Å². The third kappa shape index (κ3) is 19.4. The van der Waals surface area contributed by atoms with Gasteiger partial charge in [-0.25, -0.2) is 15.0 Å². The molecule has 16 nitrogen and oxygen atoms in total. The van der Waals surface area contributed by atoms with Gasteiger partial charge in [-0.05, 0) is 186 Å². The Morgan fingerprint density at radius 3 is 1.27 bits per heavy atom. The molecule has 11 aromatic rings. The number of nitrogens with zero attached hydrogens (tertiary/aromatic N) is 8. The van der Waals surface area contributed by atoms with Crippen LogP contribution >= 0.6 is 0 Å². The normalized spacial score (nSPS) is 14.8. The highest BCUT2D eigenvalue weighted by molar-refractivity contribution is 5.91. The largest absolute Gasteiger partial charge is 0.493 e. The number of ether oxygens (including phenoxy) is 3. The van der Waals surface area contributed by atoms with Crippen molar-refractivity contribution in [1.29, 1.82) is 0 Å². The molecule has 3 aliphatic rings. The molecule has 7 aromatic carbocycles. The van der Waals surface area contributed by atoms with Crippen LogP contribution in [0.5, 0.6) is 17.2 Å². The topological polar surface area (TPSA) is 173 Å². The van der Waals surface area contributed by atoms with Gasteiger partial charge in [0, 0.05) is 68.2 Å². The maximum Gasteiger partial charge on any atom is 0.261 e. The van der Waals surface area contributed by atoms with Crippen LogP contribution in [0.2, 0.25) is 0 Å². The van der Waals surface area contributed by atoms with Gasteiger partial charge in [0.25, 0.3) is 16.7 Å². The summed E-state index contributed by atoms with van der Waals surface area (Å²) in [4.78, 5) is 59.1. The Bertz CT molecular complexity index is 4280. The molecular weight excluding hydrogens is 1210 g/mol. The number of fused-ring (bicyclic) bond motifs is 4. The molecule has 1 aliphatic carbocycles. The second-order valence-corrected chi connectivity index (χ2v) is 26.3. The molecule has 4 aromatic heterocycles. The standard InChI is InChI=1S/C34H37N5O2.C24H28N2O2.C23H27N3O2/c40-34-30-13-12-28(23-33(30)37-25-39(34)19-6-9-26-7-2-1-3-8-26)41-24-27-15-20-38(21-16-27)22-18-36-32-14-17-35-31-11-5-4-10-29(31)32;27-24-22-14-13-21(28-17-20-10-5-2-6-11-20)16-23(22)25-18-26(24)15-7-12-19-8-3-1-4-9-19;27-23-21-9-8-20(28-16-19-10-12-24-13-11-19)15-22(21)25-17-26(23)14-4-7-18-5-2-1-3-6-18/h1-5,7-8,10-14,17,23,25,27H,6,9,15-16,18-22,24H2,(H,35,36);1,3-4,8-9,13-14,16,18,20H,2,5-7,10-12,15,17H2;1-3,5-6,8-9,15,17,19,24H,4,7,10-14,16H2. The molecule has 502 valence electrons. The Balaban J connectivity index is 0.000000143. The van der Waals surface area contributed by atoms with E-state index in [-0.39, 0.29) is 16.7 Å². The van der Waals surface area contributed by atoms with Crippen molar-refractivity contribution in [2.75, 3.05) is 64.4 Å². The number of pyridine rings is 1. The van der Waals surface area contributed by atoms with Crippen molar-refractivity contribution in [3.63, 3.8) is 0 Å². The smallest absolute Gasteiger partial charge is 0.261 e. The summed E-state index contributed by atoms with van der Waals surface area (Å²) in [6.45, 7) is 10.4. The van der Waals surface area contributed by atoms with Gasteiger partial charge in [0.15, 0.2) is 0 Å². The molecule has 6 heterocycles. The molecule has 14 rings (SSSR count). The first-order chi connectivity index (χ1) is 47.8. The average molecular weight is 1300 g/mol. The Hall–Kier alpha value is -9.51. The second kappa shape index (κ2) is 34.9. The van der Waals surface area contributed by atoms with Gasteiger partial charge in [0.2, 0.25) is 0 Å². The van der Waals surface area contributed by atoms with Crippen LogP contribution in [0, 0.1) is 17.8 Å². The number of nitrogens with one attached hydrogen (secondary N) is 2. The lowest BCUT2D eigenvalue weighted by Crippen LogP contribution is -2.38. The summed E-state index contributed by atoms with van der Waals surface area (Å²) >= 11 is 0. The van der Waals surface area contributed by atoms with Gasteiger partial charge in [-0.3, -0.25) is 33.1 Å². The fourth-order valence-corrected chi connectivity index (χ4v) is 13.5. The summed E-state index contributed by atoms with van der Waals surface area (Å²) in [7, 11) is 0. The van der Waals surface area contributed by atoms with Crippen molar-refractivity contribution in [3.8, 4) is 17.2 Å². The molecule has 2 aliphatic heterocycles. The van der Waals surface area contributed by atoms with Crippen LogP contribution in [0.3, 0.4) is 0 Å². The zero-order chi connectivity index (χ0) is 66.2. The number of hydrogen-bond donors (Lipinski definition) is 2. The van der Waals surface area contributed by atoms with E-state index in [1.807, 2.05) is 128 Å². The Morgan fingerprint density at radius 1 is 0.402 bits per heavy atom. The molecule has 0 atom stereocenters. The molecule has 16 heteroatoms. The Kier molecular flexibility index (Phi) is 24.3. The van der Waals surface area contributed by atoms with E-state index in [2.05, 4.69) is 90.1 Å². The molecule has 0 spiro atoms. The molecule has 2 saturated heterocycles. The van der Waals surface area contributed by atoms with Gasteiger partial charge in [-0.2, -0.15) is 0 Å². The number of aromatic nitrogens is 7. The zero-order valence-electron chi connectivity index (χ0n) is 55.9. The minimum absolute atomic E-state index is 0.00795. The van der Waals surface area contributed by atoms with Crippen LogP contribution < -0.4 is 41.5 Å². The molecule has 0 bridgehead atoms. The highest BCUT2D eigenvalue weighted by Gasteiger charge is 2.21. The Labute approximate surface area is 568 Å². The van der Waals surface area contributed by atoms with E-state index in [1.165, 1.54) is 54.2 Å². The fraction of sp³-hybridized carbons (Fsp3) is 0.370. The van der Waals surface area contributed by atoms with Gasteiger partial charge < -0.3 is 29.7 Å². The van der Waals surface area contributed by atoms with Crippen LogP contribution in [0.15, 0.2) is 215 Å². The number of likely N-dealkylation sites (tertiary alicyclic amines) is 1. The molecule has 97 heavy (non-hydrogen) atoms. The van der Waals surface area contributed by atoms with Gasteiger partial charge >= 0.3 is 0 Å². The first-order valence-electron chi connectivity index (χ1n) is 35.3. The summed E-state index contributed by atoms with van der Waals surface area (Å²) in [5.41, 5.74) is 8.19. The van der Waals surface area contributed by atoms with E-state index >= 15 is 0 Å². The number of benzene rings is 7. The summed E-state index contributed by atoms with van der Waals surface area (Å²) in [6.07, 6.45) is 23.5. The monoisotopic (exact) mass is 1300 g/mol. The highest BCUT2D eigenvalue weighted by Crippen LogP contribution is 2.28. The number of aryl methyl sites for hydroxylation is 6. The number of rotatable bonds is 25. The van der Waals surface area contributed by atoms with E-state index in [4.69, 9.17) is 14.2 Å². The molecule has 1 saturated carbocycles. The lowest BCUT2D eigenvalue weighted by Gasteiger charge is -2.32. The number of anilines is 1. The molecule has 0 unspecified atom stereocenters. The second-order valence-electron chi connectivity index (χ2n) is 26.3. The van der Waals surface area contributed by atoms with Crippen LogP contribution in [0.4, 0.5) is 5.69 Å². The summed E-state index contributed by atoms with van der Waals surface area (Å²) in [6, 6.07) is 58.3. The SMILES string of the molecule is O=c1c2ccc(OCC3CCCCC3)cc2ncn1CCCc1ccccc1.O=c1c2ccc(OCC3CCN(CCNc4ccnc5ccccc45)CC3)cc2ncn1CCCc1ccccc1.O=c1c2ccc(OCC3CCNCC3)cc2ncn1CCCc1ccccc1. The minimum Gasteiger partial charge on any atom is -0.493 e. The van der Waals surface area contributed by atoms with E-state index in [1.54, 1.807) is 32.7 Å². The first-order valence-corrected chi connectivity index (χ1v) is 35.3. The predicted molar refractivity (Wildman–Crippen MR) is 390 cm³/mol. The van der Waals surface area contributed by atoms with Crippen LogP contribution in [0.25, 0.3) is 43.6 Å². The highest BCUT2D eigenvalue weighted by atomic mass is 16.5. The lowest BCUT2D eigenvalue weighted by atomic mass is 9.90. The summed E-state index contributed by atoms with van der Waals surface area (Å²) in [5.74, 6) is 4.18. The number of hydrogen-bond acceptors (Lipinski definition) is 13. The third-order valence-corrected chi connectivity index (χ3v) is 19.3. The number of piperidine rings is 2. The molecule has 0 amide bonds. The minimum atomic E-state index is 0.00795. The maximum absolute atomic E-state index is 13.0. The fourth-order valence-electron chi connectivity index (χ4n) is 13.5. The van der Waals surface area contributed by atoms with Crippen molar-refractivity contribution in [2.45, 2.75) is 116 Å². The van der Waals surface area contributed by atoms with Crippen LogP contribution in [-0.4, -0.2) is 97.6 Å². The van der Waals surface area contributed by atoms with E-state index in [9.17, 15) is 14.4 Å². The summed E-state index contributed by atoms with van der Waals surface area (Å²) < 4.78 is 23.3. The van der Waals surface area contributed by atoms with Gasteiger partial charge in [0.1, 0.15) is 17.2 Å². The van der Waals surface area contributed by atoms with Gasteiger partial charge in [-0.1, -0.05) is 128 Å². The van der Waals surface area contributed by atoms with E-state index < -0.39 is 0 Å². The maximum atomic E-state index is 13.0. The van der Waals surface area contributed by atoms with E-state index in [0.29, 0.717) is 76.7 Å². The molecule has 3 fully saturated rings. The van der Waals surface area contributed by atoms with Gasteiger partial charge in [0.05, 0.1) is 77.0 Å². The first kappa shape index (κ1) is 67.5. The van der Waals surface area contributed by atoms with Crippen molar-refractivity contribution >= 4 is 49.3 Å². The van der Waals surface area contributed by atoms with Crippen LogP contribution in [-0.2, 0) is 38.9 Å². The predicted octanol–water partition coefficient (Wildman–Crippen LogP) is 14.2. The van der Waals surface area contributed by atoms with E-state index in [0.717, 1.165) is 145 Å². The van der Waals surface area contributed by atoms with Crippen molar-refractivity contribution in [2.24, 2.45) is 17.8 Å². The lowest BCUT2D eigenvalue weighted by molar-refractivity contribution is 0.145. The van der Waals surface area contributed by atoms with Crippen LogP contribution in [0.1, 0.15) is 93.7 Å². The van der Waals surface area contributed by atoms with Crippen molar-refractivity contribution < 1.29 is 14.2 Å². The molecular formula is C81H92N10O6. The van der Waals surface area contributed by atoms with Crippen molar-refractivity contribution in [3.05, 3.63) is 249 Å².